The number of methoxy groups -OCH3 is 1. The molecule has 0 bridgehead atoms. The van der Waals surface area contributed by atoms with Crippen molar-refractivity contribution in [1.82, 2.24) is 20.4 Å². The average molecular weight is 417 g/mol. The number of aromatic amines is 1. The number of nitrogens with one attached hydrogen (secondary N) is 2. The standard InChI is InChI=1S/C21H25ClN4O3/c1-12(27)23-18-7-14-10-26(11-15(14)8-20(18)29-2)21(28)19-9-17(24-25-19)13-3-5-16(22)6-4-13/h3-6,9,14-15,18,20H,7-8,10-11H2,1-2H3,(H,23,27)(H,24,25)/t14-,15+,18-,20-/m1/s1. The van der Waals surface area contributed by atoms with Gasteiger partial charge in [-0.15, -0.1) is 0 Å². The number of H-pyrrole nitrogens is 1. The zero-order chi connectivity index (χ0) is 20.5. The van der Waals surface area contributed by atoms with Crippen LogP contribution in [0.1, 0.15) is 30.3 Å². The van der Waals surface area contributed by atoms with E-state index in [1.165, 1.54) is 6.92 Å². The molecular formula is C21H25ClN4O3. The largest absolute Gasteiger partial charge is 0.379 e. The van der Waals surface area contributed by atoms with Gasteiger partial charge in [-0.2, -0.15) is 5.10 Å². The molecule has 1 aromatic carbocycles. The van der Waals surface area contributed by atoms with E-state index in [9.17, 15) is 9.59 Å². The highest BCUT2D eigenvalue weighted by Gasteiger charge is 2.44. The molecule has 0 unspecified atom stereocenters. The van der Waals surface area contributed by atoms with Crippen LogP contribution < -0.4 is 5.32 Å². The Morgan fingerprint density at radius 2 is 1.90 bits per heavy atom. The van der Waals surface area contributed by atoms with Crippen LogP contribution in [0, 0.1) is 11.8 Å². The summed E-state index contributed by atoms with van der Waals surface area (Å²) in [6.45, 7) is 2.91. The number of benzene rings is 1. The van der Waals surface area contributed by atoms with E-state index in [0.29, 0.717) is 41.3 Å². The lowest BCUT2D eigenvalue weighted by Gasteiger charge is -2.37. The number of ether oxygens (including phenoxy) is 1. The molecule has 2 N–H and O–H groups in total. The maximum absolute atomic E-state index is 13.0. The third-order valence-electron chi connectivity index (χ3n) is 6.04. The van der Waals surface area contributed by atoms with E-state index in [4.69, 9.17) is 16.3 Å². The molecule has 29 heavy (non-hydrogen) atoms. The van der Waals surface area contributed by atoms with E-state index in [1.54, 1.807) is 25.3 Å². The van der Waals surface area contributed by atoms with Gasteiger partial charge in [-0.05, 0) is 42.9 Å². The van der Waals surface area contributed by atoms with E-state index in [-0.39, 0.29) is 24.0 Å². The zero-order valence-corrected chi connectivity index (χ0v) is 17.3. The Morgan fingerprint density at radius 3 is 2.55 bits per heavy atom. The molecule has 2 amide bonds. The molecule has 0 radical (unpaired) electrons. The third kappa shape index (κ3) is 4.16. The number of nitrogens with zero attached hydrogens (tertiary/aromatic N) is 2. The molecule has 2 fully saturated rings. The fourth-order valence-electron chi connectivity index (χ4n) is 4.62. The molecule has 2 heterocycles. The van der Waals surface area contributed by atoms with E-state index in [2.05, 4.69) is 15.5 Å². The second kappa shape index (κ2) is 8.16. The minimum Gasteiger partial charge on any atom is -0.379 e. The molecule has 1 aromatic heterocycles. The SMILES string of the molecule is CO[C@@H]1C[C@H]2CN(C(=O)c3cc(-c4ccc(Cl)cc4)n[nH]3)C[C@H]2C[C@H]1NC(C)=O. The predicted molar refractivity (Wildman–Crippen MR) is 110 cm³/mol. The topological polar surface area (TPSA) is 87.3 Å². The number of carbonyl (C=O) groups is 2. The molecule has 154 valence electrons. The van der Waals surface area contributed by atoms with E-state index in [0.717, 1.165) is 18.4 Å². The van der Waals surface area contributed by atoms with Gasteiger partial charge in [0.2, 0.25) is 5.91 Å². The average Bonchev–Trinajstić information content (AvgIpc) is 3.34. The molecule has 1 aliphatic carbocycles. The van der Waals surface area contributed by atoms with E-state index in [1.807, 2.05) is 17.0 Å². The van der Waals surface area contributed by atoms with Crippen LogP contribution in [-0.2, 0) is 9.53 Å². The van der Waals surface area contributed by atoms with Crippen molar-refractivity contribution in [1.29, 1.82) is 0 Å². The molecule has 4 atom stereocenters. The first-order chi connectivity index (χ1) is 13.9. The summed E-state index contributed by atoms with van der Waals surface area (Å²) in [6, 6.07) is 9.14. The van der Waals surface area contributed by atoms with Crippen molar-refractivity contribution in [2.75, 3.05) is 20.2 Å². The summed E-state index contributed by atoms with van der Waals surface area (Å²) in [4.78, 5) is 26.4. The Balaban J connectivity index is 1.45. The summed E-state index contributed by atoms with van der Waals surface area (Å²) in [6.07, 6.45) is 1.65. The van der Waals surface area contributed by atoms with Gasteiger partial charge in [0.05, 0.1) is 17.8 Å². The molecule has 2 aromatic rings. The summed E-state index contributed by atoms with van der Waals surface area (Å²) in [7, 11) is 1.68. The molecule has 1 saturated carbocycles. The van der Waals surface area contributed by atoms with Crippen molar-refractivity contribution < 1.29 is 14.3 Å². The number of amides is 2. The quantitative estimate of drug-likeness (QED) is 0.802. The molecular weight excluding hydrogens is 392 g/mol. The van der Waals surface area contributed by atoms with Crippen molar-refractivity contribution in [3.05, 3.63) is 41.0 Å². The minimum absolute atomic E-state index is 0.00235. The highest BCUT2D eigenvalue weighted by Crippen LogP contribution is 2.38. The number of rotatable bonds is 4. The van der Waals surface area contributed by atoms with Crippen LogP contribution >= 0.6 is 11.6 Å². The summed E-state index contributed by atoms with van der Waals surface area (Å²) in [5.74, 6) is 0.652. The van der Waals surface area contributed by atoms with Gasteiger partial charge >= 0.3 is 0 Å². The Labute approximate surface area is 174 Å². The normalized spacial score (nSPS) is 26.2. The third-order valence-corrected chi connectivity index (χ3v) is 6.30. The fraction of sp³-hybridized carbons (Fsp3) is 0.476. The van der Waals surface area contributed by atoms with Crippen molar-refractivity contribution in [3.63, 3.8) is 0 Å². The van der Waals surface area contributed by atoms with Crippen LogP contribution in [0.25, 0.3) is 11.3 Å². The van der Waals surface area contributed by atoms with E-state index >= 15 is 0 Å². The van der Waals surface area contributed by atoms with Gasteiger partial charge < -0.3 is 15.0 Å². The van der Waals surface area contributed by atoms with Gasteiger partial charge in [0.15, 0.2) is 0 Å². The number of fused-ring (bicyclic) bond motifs is 1. The number of halogens is 1. The summed E-state index contributed by atoms with van der Waals surface area (Å²) in [5.41, 5.74) is 2.10. The molecule has 1 aliphatic heterocycles. The number of likely N-dealkylation sites (tertiary alicyclic amines) is 1. The second-order valence-electron chi connectivity index (χ2n) is 7.96. The van der Waals surface area contributed by atoms with Gasteiger partial charge in [-0.3, -0.25) is 14.7 Å². The van der Waals surface area contributed by atoms with Crippen LogP contribution in [0.4, 0.5) is 0 Å². The van der Waals surface area contributed by atoms with Gasteiger partial charge in [-0.1, -0.05) is 23.7 Å². The van der Waals surface area contributed by atoms with Crippen LogP contribution in [0.3, 0.4) is 0 Å². The Bertz CT molecular complexity index is 898. The lowest BCUT2D eigenvalue weighted by molar-refractivity contribution is -0.121. The lowest BCUT2D eigenvalue weighted by Crippen LogP contribution is -2.49. The monoisotopic (exact) mass is 416 g/mol. The first-order valence-electron chi connectivity index (χ1n) is 9.85. The van der Waals surface area contributed by atoms with Gasteiger partial charge in [0.25, 0.3) is 5.91 Å². The van der Waals surface area contributed by atoms with Crippen molar-refractivity contribution in [3.8, 4) is 11.3 Å². The Morgan fingerprint density at radius 1 is 1.21 bits per heavy atom. The molecule has 1 saturated heterocycles. The highest BCUT2D eigenvalue weighted by atomic mass is 35.5. The molecule has 7 nitrogen and oxygen atoms in total. The van der Waals surface area contributed by atoms with Crippen LogP contribution in [-0.4, -0.2) is 59.3 Å². The highest BCUT2D eigenvalue weighted by molar-refractivity contribution is 6.30. The first-order valence-corrected chi connectivity index (χ1v) is 10.2. The van der Waals surface area contributed by atoms with Gasteiger partial charge in [0, 0.05) is 37.7 Å². The Hall–Kier alpha value is -2.38. The minimum atomic E-state index is -0.0476. The van der Waals surface area contributed by atoms with Gasteiger partial charge in [0.1, 0.15) is 5.69 Å². The fourth-order valence-corrected chi connectivity index (χ4v) is 4.75. The van der Waals surface area contributed by atoms with Gasteiger partial charge in [-0.25, -0.2) is 0 Å². The number of hydrogen-bond donors (Lipinski definition) is 2. The van der Waals surface area contributed by atoms with Crippen molar-refractivity contribution >= 4 is 23.4 Å². The molecule has 2 aliphatic rings. The van der Waals surface area contributed by atoms with Crippen LogP contribution in [0.15, 0.2) is 30.3 Å². The summed E-state index contributed by atoms with van der Waals surface area (Å²) < 4.78 is 5.61. The molecule has 0 spiro atoms. The lowest BCUT2D eigenvalue weighted by atomic mass is 9.77. The summed E-state index contributed by atoms with van der Waals surface area (Å²) >= 11 is 5.94. The van der Waals surface area contributed by atoms with Crippen molar-refractivity contribution in [2.45, 2.75) is 31.9 Å². The second-order valence-corrected chi connectivity index (χ2v) is 8.39. The van der Waals surface area contributed by atoms with Crippen LogP contribution in [0.2, 0.25) is 5.02 Å². The van der Waals surface area contributed by atoms with Crippen LogP contribution in [0.5, 0.6) is 0 Å². The maximum Gasteiger partial charge on any atom is 0.271 e. The molecule has 4 rings (SSSR count). The van der Waals surface area contributed by atoms with E-state index < -0.39 is 0 Å². The zero-order valence-electron chi connectivity index (χ0n) is 16.5. The number of carbonyl (C=O) groups excluding carboxylic acids is 2. The number of hydrogen-bond acceptors (Lipinski definition) is 4. The maximum atomic E-state index is 13.0. The Kier molecular flexibility index (Phi) is 5.61. The first kappa shape index (κ1) is 19.9. The summed E-state index contributed by atoms with van der Waals surface area (Å²) in [5, 5.41) is 10.8. The smallest absolute Gasteiger partial charge is 0.271 e. The van der Waals surface area contributed by atoms with Crippen molar-refractivity contribution in [2.24, 2.45) is 11.8 Å². The number of aromatic nitrogens is 2. The molecule has 8 heteroatoms. The predicted octanol–water partition coefficient (Wildman–Crippen LogP) is 2.73.